The Kier molecular flexibility index (Phi) is 8.60. The maximum atomic E-state index is 6.00. The molecule has 0 saturated carbocycles. The fraction of sp³-hybridized carbons (Fsp3) is 0.375. The van der Waals surface area contributed by atoms with Crippen LogP contribution in [0.5, 0.6) is 0 Å². The van der Waals surface area contributed by atoms with Crippen LogP contribution in [0.25, 0.3) is 11.0 Å². The van der Waals surface area contributed by atoms with Gasteiger partial charge in [0.1, 0.15) is 11.3 Å². The maximum absolute atomic E-state index is 6.00. The smallest absolute Gasteiger partial charge is 0.191 e. The number of guanidine groups is 1. The number of para-hydroxylation sites is 1. The highest BCUT2D eigenvalue weighted by atomic mass is 127. The minimum Gasteiger partial charge on any atom is -0.459 e. The van der Waals surface area contributed by atoms with E-state index in [-0.39, 0.29) is 24.0 Å². The van der Waals surface area contributed by atoms with Gasteiger partial charge in [-0.05, 0) is 37.6 Å². The van der Waals surface area contributed by atoms with Gasteiger partial charge in [0.25, 0.3) is 0 Å². The molecule has 0 radical (unpaired) electrons. The van der Waals surface area contributed by atoms with Crippen molar-refractivity contribution in [2.75, 3.05) is 37.7 Å². The summed E-state index contributed by atoms with van der Waals surface area (Å²) in [5.74, 6) is 1.73. The molecule has 1 fully saturated rings. The number of fused-ring (bicyclic) bond motifs is 1. The quantitative estimate of drug-likeness (QED) is 0.278. The van der Waals surface area contributed by atoms with E-state index >= 15 is 0 Å². The highest BCUT2D eigenvalue weighted by Crippen LogP contribution is 2.24. The van der Waals surface area contributed by atoms with Gasteiger partial charge in [0.2, 0.25) is 0 Å². The first-order valence-electron chi connectivity index (χ1n) is 10.7. The third-order valence-corrected chi connectivity index (χ3v) is 5.44. The SMILES string of the molecule is CCNC(=NCc1ccc(N2CCOCC2)cc1)NCc1oc2ccccc2c1C.I. The topological polar surface area (TPSA) is 62.0 Å². The molecular weight excluding hydrogens is 503 g/mol. The van der Waals surface area contributed by atoms with Crippen molar-refractivity contribution in [1.82, 2.24) is 10.6 Å². The Labute approximate surface area is 201 Å². The molecule has 0 aliphatic carbocycles. The number of anilines is 1. The molecule has 1 aliphatic rings. The average molecular weight is 534 g/mol. The first kappa shape index (κ1) is 23.4. The van der Waals surface area contributed by atoms with E-state index in [1.165, 1.54) is 16.8 Å². The van der Waals surface area contributed by atoms with Gasteiger partial charge in [0.15, 0.2) is 5.96 Å². The van der Waals surface area contributed by atoms with Crippen LogP contribution in [-0.4, -0.2) is 38.8 Å². The number of hydrogen-bond donors (Lipinski definition) is 2. The van der Waals surface area contributed by atoms with Gasteiger partial charge in [0, 0.05) is 36.3 Å². The molecule has 3 aromatic rings. The van der Waals surface area contributed by atoms with Crippen LogP contribution in [0.3, 0.4) is 0 Å². The number of halogens is 1. The Balaban J connectivity index is 0.00000272. The molecule has 1 aromatic heterocycles. The lowest BCUT2D eigenvalue weighted by Gasteiger charge is -2.28. The van der Waals surface area contributed by atoms with E-state index in [9.17, 15) is 0 Å². The highest BCUT2D eigenvalue weighted by Gasteiger charge is 2.12. The molecule has 0 bridgehead atoms. The van der Waals surface area contributed by atoms with Crippen molar-refractivity contribution in [2.45, 2.75) is 26.9 Å². The molecule has 0 atom stereocenters. The van der Waals surface area contributed by atoms with Crippen LogP contribution < -0.4 is 15.5 Å². The fourth-order valence-corrected chi connectivity index (χ4v) is 3.70. The summed E-state index contributed by atoms with van der Waals surface area (Å²) < 4.78 is 11.4. The number of ether oxygens (including phenoxy) is 1. The molecule has 4 rings (SSSR count). The zero-order chi connectivity index (χ0) is 20.8. The largest absolute Gasteiger partial charge is 0.459 e. The summed E-state index contributed by atoms with van der Waals surface area (Å²) >= 11 is 0. The molecule has 6 nitrogen and oxygen atoms in total. The molecule has 1 aliphatic heterocycles. The summed E-state index contributed by atoms with van der Waals surface area (Å²) in [6.07, 6.45) is 0. The second-order valence-corrected chi connectivity index (χ2v) is 7.46. The Morgan fingerprint density at radius 2 is 1.77 bits per heavy atom. The zero-order valence-corrected chi connectivity index (χ0v) is 20.5. The number of nitrogens with zero attached hydrogens (tertiary/aromatic N) is 2. The van der Waals surface area contributed by atoms with Gasteiger partial charge in [-0.15, -0.1) is 24.0 Å². The third-order valence-electron chi connectivity index (χ3n) is 5.44. The van der Waals surface area contributed by atoms with Crippen LogP contribution in [0.15, 0.2) is 57.9 Å². The van der Waals surface area contributed by atoms with Crippen LogP contribution in [0.1, 0.15) is 23.8 Å². The van der Waals surface area contributed by atoms with Crippen molar-refractivity contribution >= 4 is 46.6 Å². The molecule has 1 saturated heterocycles. The Morgan fingerprint density at radius 1 is 1.03 bits per heavy atom. The predicted molar refractivity (Wildman–Crippen MR) is 137 cm³/mol. The molecule has 31 heavy (non-hydrogen) atoms. The molecule has 0 unspecified atom stereocenters. The van der Waals surface area contributed by atoms with Crippen molar-refractivity contribution in [2.24, 2.45) is 4.99 Å². The number of morpholine rings is 1. The van der Waals surface area contributed by atoms with Gasteiger partial charge >= 0.3 is 0 Å². The van der Waals surface area contributed by atoms with Crippen LogP contribution in [-0.2, 0) is 17.8 Å². The number of rotatable bonds is 6. The van der Waals surface area contributed by atoms with E-state index in [2.05, 4.69) is 59.7 Å². The molecule has 2 heterocycles. The molecular formula is C24H31IN4O2. The van der Waals surface area contributed by atoms with Gasteiger partial charge in [-0.25, -0.2) is 4.99 Å². The minimum absolute atomic E-state index is 0. The average Bonchev–Trinajstić information content (AvgIpc) is 3.12. The van der Waals surface area contributed by atoms with E-state index in [1.54, 1.807) is 0 Å². The minimum atomic E-state index is 0. The number of aliphatic imine (C=N–C) groups is 1. The van der Waals surface area contributed by atoms with Crippen molar-refractivity contribution < 1.29 is 9.15 Å². The number of nitrogens with one attached hydrogen (secondary N) is 2. The van der Waals surface area contributed by atoms with Crippen LogP contribution in [0.2, 0.25) is 0 Å². The van der Waals surface area contributed by atoms with Crippen molar-refractivity contribution in [1.29, 1.82) is 0 Å². The first-order chi connectivity index (χ1) is 14.7. The normalized spacial score (nSPS) is 14.4. The first-order valence-corrected chi connectivity index (χ1v) is 10.7. The second-order valence-electron chi connectivity index (χ2n) is 7.46. The summed E-state index contributed by atoms with van der Waals surface area (Å²) in [5.41, 5.74) is 4.53. The van der Waals surface area contributed by atoms with Crippen LogP contribution in [0.4, 0.5) is 5.69 Å². The lowest BCUT2D eigenvalue weighted by Crippen LogP contribution is -2.36. The van der Waals surface area contributed by atoms with E-state index in [0.717, 1.165) is 55.5 Å². The molecule has 0 spiro atoms. The lowest BCUT2D eigenvalue weighted by atomic mass is 10.1. The Bertz CT molecular complexity index is 994. The van der Waals surface area contributed by atoms with Crippen molar-refractivity contribution in [3.05, 3.63) is 65.4 Å². The number of hydrogen-bond acceptors (Lipinski definition) is 4. The number of aryl methyl sites for hydroxylation is 1. The Morgan fingerprint density at radius 3 is 2.48 bits per heavy atom. The maximum Gasteiger partial charge on any atom is 0.191 e. The van der Waals surface area contributed by atoms with E-state index in [1.807, 2.05) is 18.2 Å². The predicted octanol–water partition coefficient (Wildman–Crippen LogP) is 4.45. The number of furan rings is 1. The molecule has 166 valence electrons. The fourth-order valence-electron chi connectivity index (χ4n) is 3.70. The number of benzene rings is 2. The summed E-state index contributed by atoms with van der Waals surface area (Å²) in [6.45, 7) is 9.70. The van der Waals surface area contributed by atoms with Crippen molar-refractivity contribution in [3.63, 3.8) is 0 Å². The van der Waals surface area contributed by atoms with Crippen LogP contribution >= 0.6 is 24.0 Å². The van der Waals surface area contributed by atoms with Gasteiger partial charge in [0.05, 0.1) is 26.3 Å². The van der Waals surface area contributed by atoms with Crippen LogP contribution in [0, 0.1) is 6.92 Å². The molecule has 7 heteroatoms. The van der Waals surface area contributed by atoms with Gasteiger partial charge in [-0.1, -0.05) is 30.3 Å². The Hall–Kier alpha value is -2.26. The summed E-state index contributed by atoms with van der Waals surface area (Å²) in [5, 5.41) is 7.87. The van der Waals surface area contributed by atoms with Gasteiger partial charge < -0.3 is 24.7 Å². The van der Waals surface area contributed by atoms with Gasteiger partial charge in [-0.3, -0.25) is 0 Å². The summed E-state index contributed by atoms with van der Waals surface area (Å²) in [6, 6.07) is 16.8. The van der Waals surface area contributed by atoms with E-state index < -0.39 is 0 Å². The molecule has 2 N–H and O–H groups in total. The third kappa shape index (κ3) is 5.92. The van der Waals surface area contributed by atoms with E-state index in [0.29, 0.717) is 13.1 Å². The zero-order valence-electron chi connectivity index (χ0n) is 18.2. The summed E-state index contributed by atoms with van der Waals surface area (Å²) in [4.78, 5) is 7.10. The second kappa shape index (κ2) is 11.4. The highest BCUT2D eigenvalue weighted by molar-refractivity contribution is 14.0. The molecule has 2 aromatic carbocycles. The van der Waals surface area contributed by atoms with Crippen molar-refractivity contribution in [3.8, 4) is 0 Å². The monoisotopic (exact) mass is 534 g/mol. The lowest BCUT2D eigenvalue weighted by molar-refractivity contribution is 0.122. The standard InChI is InChI=1S/C24H30N4O2.HI/c1-3-25-24(27-17-23-18(2)21-6-4-5-7-22(21)30-23)26-16-19-8-10-20(11-9-19)28-12-14-29-15-13-28;/h4-11H,3,12-17H2,1-2H3,(H2,25,26,27);1H. The van der Waals surface area contributed by atoms with Gasteiger partial charge in [-0.2, -0.15) is 0 Å². The van der Waals surface area contributed by atoms with E-state index in [4.69, 9.17) is 14.1 Å². The summed E-state index contributed by atoms with van der Waals surface area (Å²) in [7, 11) is 0. The molecule has 0 amide bonds.